The van der Waals surface area contributed by atoms with Gasteiger partial charge in [0.15, 0.2) is 5.76 Å². The van der Waals surface area contributed by atoms with Crippen LogP contribution in [0.1, 0.15) is 32.5 Å². The van der Waals surface area contributed by atoms with E-state index in [0.29, 0.717) is 31.9 Å². The Morgan fingerprint density at radius 1 is 1.09 bits per heavy atom. The number of halogens is 1. The highest BCUT2D eigenvalue weighted by Gasteiger charge is 2.46. The number of aromatic nitrogens is 2. The van der Waals surface area contributed by atoms with Crippen LogP contribution in [-0.4, -0.2) is 26.8 Å². The molecule has 0 bridgehead atoms. The van der Waals surface area contributed by atoms with E-state index in [1.807, 2.05) is 37.3 Å². The van der Waals surface area contributed by atoms with Crippen molar-refractivity contribution < 1.29 is 14.7 Å². The highest BCUT2D eigenvalue weighted by atomic mass is 35.5. The normalized spacial score (nSPS) is 15.7. The Morgan fingerprint density at radius 3 is 2.57 bits per heavy atom. The molecule has 0 spiro atoms. The average molecular weight is 502 g/mol. The molecule has 1 aliphatic heterocycles. The number of thiazole rings is 1. The van der Waals surface area contributed by atoms with Crippen LogP contribution in [0.15, 0.2) is 84.4 Å². The number of amides is 1. The molecule has 174 valence electrons. The van der Waals surface area contributed by atoms with Crippen LogP contribution in [0.2, 0.25) is 5.02 Å². The molecule has 1 N–H and O–H groups in total. The first-order valence-electron chi connectivity index (χ1n) is 10.9. The van der Waals surface area contributed by atoms with Gasteiger partial charge in [-0.2, -0.15) is 0 Å². The van der Waals surface area contributed by atoms with Crippen LogP contribution in [0.5, 0.6) is 0 Å². The van der Waals surface area contributed by atoms with Crippen LogP contribution >= 0.6 is 22.9 Å². The summed E-state index contributed by atoms with van der Waals surface area (Å²) in [5.74, 6) is -1.70. The van der Waals surface area contributed by atoms with Crippen molar-refractivity contribution in [3.8, 4) is 10.6 Å². The van der Waals surface area contributed by atoms with Gasteiger partial charge >= 0.3 is 0 Å². The molecule has 35 heavy (non-hydrogen) atoms. The van der Waals surface area contributed by atoms with Gasteiger partial charge < -0.3 is 5.11 Å². The number of carbonyl (C=O) groups is 2. The van der Waals surface area contributed by atoms with Gasteiger partial charge in [-0.05, 0) is 43.2 Å². The molecule has 0 aliphatic carbocycles. The fourth-order valence-corrected chi connectivity index (χ4v) is 5.41. The summed E-state index contributed by atoms with van der Waals surface area (Å²) >= 11 is 7.49. The largest absolute Gasteiger partial charge is 0.503 e. The topological polar surface area (TPSA) is 83.4 Å². The number of rotatable bonds is 5. The lowest BCUT2D eigenvalue weighted by molar-refractivity contribution is -0.117. The van der Waals surface area contributed by atoms with Gasteiger partial charge in [0.1, 0.15) is 5.01 Å². The van der Waals surface area contributed by atoms with E-state index in [-0.39, 0.29) is 5.57 Å². The lowest BCUT2D eigenvalue weighted by Crippen LogP contribution is -2.31. The number of ketones is 1. The number of Topliss-reactive ketones (excluding diaryl/α,β-unsaturated/α-hetero) is 1. The maximum atomic E-state index is 13.9. The minimum absolute atomic E-state index is 0.00580. The molecule has 1 unspecified atom stereocenters. The zero-order valence-electron chi connectivity index (χ0n) is 18.9. The summed E-state index contributed by atoms with van der Waals surface area (Å²) in [7, 11) is 0. The Kier molecular flexibility index (Phi) is 5.96. The quantitative estimate of drug-likeness (QED) is 0.326. The number of benzene rings is 2. The standard InChI is InChI=1S/C27H20ClN3O3S/c1-15-10-11-19(28)13-20(15)31-22(18-9-6-12-29-14-18)21(24(33)27(31)34)23(32)25-16(2)30-26(35-25)17-7-4-3-5-8-17/h3-14,22,33H,1-2H3. The predicted molar refractivity (Wildman–Crippen MR) is 137 cm³/mol. The minimum Gasteiger partial charge on any atom is -0.503 e. The van der Waals surface area contributed by atoms with Crippen LogP contribution in [0.3, 0.4) is 0 Å². The molecule has 0 saturated heterocycles. The van der Waals surface area contributed by atoms with Gasteiger partial charge in [0.2, 0.25) is 5.78 Å². The first kappa shape index (κ1) is 23.0. The molecule has 1 amide bonds. The van der Waals surface area contributed by atoms with E-state index in [1.54, 1.807) is 49.6 Å². The van der Waals surface area contributed by atoms with Crippen molar-refractivity contribution in [2.24, 2.45) is 0 Å². The lowest BCUT2D eigenvalue weighted by atomic mass is 9.95. The molecule has 0 saturated carbocycles. The number of aliphatic hydroxyl groups is 1. The van der Waals surface area contributed by atoms with Crippen LogP contribution in [-0.2, 0) is 4.79 Å². The lowest BCUT2D eigenvalue weighted by Gasteiger charge is -2.28. The molecule has 2 aromatic carbocycles. The molecule has 5 rings (SSSR count). The zero-order valence-corrected chi connectivity index (χ0v) is 20.5. The van der Waals surface area contributed by atoms with E-state index in [2.05, 4.69) is 9.97 Å². The number of aryl methyl sites for hydroxylation is 2. The fraction of sp³-hybridized carbons (Fsp3) is 0.111. The minimum atomic E-state index is -0.873. The molecule has 4 aromatic rings. The first-order valence-corrected chi connectivity index (χ1v) is 12.1. The fourth-order valence-electron chi connectivity index (χ4n) is 4.21. The molecule has 1 atom stereocenters. The van der Waals surface area contributed by atoms with Crippen LogP contribution in [0.25, 0.3) is 10.6 Å². The number of aliphatic hydroxyl groups excluding tert-OH is 1. The van der Waals surface area contributed by atoms with Gasteiger partial charge in [-0.3, -0.25) is 19.5 Å². The monoisotopic (exact) mass is 501 g/mol. The second-order valence-electron chi connectivity index (χ2n) is 8.19. The summed E-state index contributed by atoms with van der Waals surface area (Å²) < 4.78 is 0. The van der Waals surface area contributed by atoms with E-state index in [9.17, 15) is 14.7 Å². The van der Waals surface area contributed by atoms with Crippen molar-refractivity contribution in [1.29, 1.82) is 0 Å². The maximum Gasteiger partial charge on any atom is 0.294 e. The van der Waals surface area contributed by atoms with E-state index in [4.69, 9.17) is 11.6 Å². The van der Waals surface area contributed by atoms with Gasteiger partial charge in [-0.25, -0.2) is 4.98 Å². The van der Waals surface area contributed by atoms with Gasteiger partial charge in [0.25, 0.3) is 5.91 Å². The van der Waals surface area contributed by atoms with Gasteiger partial charge in [0.05, 0.1) is 22.2 Å². The maximum absolute atomic E-state index is 13.9. The number of anilines is 1. The Hall–Kier alpha value is -3.81. The molecular formula is C27H20ClN3O3S. The Morgan fingerprint density at radius 2 is 1.86 bits per heavy atom. The van der Waals surface area contributed by atoms with Crippen molar-refractivity contribution >= 4 is 40.3 Å². The van der Waals surface area contributed by atoms with Crippen LogP contribution in [0.4, 0.5) is 5.69 Å². The number of hydrogen-bond donors (Lipinski definition) is 1. The van der Waals surface area contributed by atoms with Crippen molar-refractivity contribution in [3.63, 3.8) is 0 Å². The van der Waals surface area contributed by atoms with E-state index in [1.165, 1.54) is 16.2 Å². The van der Waals surface area contributed by atoms with Crippen LogP contribution < -0.4 is 4.90 Å². The molecule has 2 aromatic heterocycles. The first-order chi connectivity index (χ1) is 16.9. The molecule has 1 aliphatic rings. The summed E-state index contributed by atoms with van der Waals surface area (Å²) in [6.07, 6.45) is 3.20. The van der Waals surface area contributed by atoms with Crippen molar-refractivity contribution in [2.45, 2.75) is 19.9 Å². The van der Waals surface area contributed by atoms with E-state index < -0.39 is 23.5 Å². The number of carbonyl (C=O) groups excluding carboxylic acids is 2. The SMILES string of the molecule is Cc1ccc(Cl)cc1N1C(=O)C(O)=C(C(=O)c2sc(-c3ccccc3)nc2C)C1c1cccnc1. The highest BCUT2D eigenvalue weighted by Crippen LogP contribution is 2.44. The Balaban J connectivity index is 1.65. The van der Waals surface area contributed by atoms with Crippen LogP contribution in [0, 0.1) is 13.8 Å². The third kappa shape index (κ3) is 4.03. The second-order valence-corrected chi connectivity index (χ2v) is 9.62. The summed E-state index contributed by atoms with van der Waals surface area (Å²) in [4.78, 5) is 37.9. The number of nitrogens with zero attached hydrogens (tertiary/aromatic N) is 3. The predicted octanol–water partition coefficient (Wildman–Crippen LogP) is 6.26. The average Bonchev–Trinajstić information content (AvgIpc) is 3.39. The number of pyridine rings is 1. The Labute approximate surface area is 211 Å². The van der Waals surface area contributed by atoms with E-state index in [0.717, 1.165) is 11.1 Å². The summed E-state index contributed by atoms with van der Waals surface area (Å²) in [5, 5.41) is 12.2. The van der Waals surface area contributed by atoms with Crippen molar-refractivity contribution in [3.05, 3.63) is 111 Å². The van der Waals surface area contributed by atoms with E-state index >= 15 is 0 Å². The Bertz CT molecular complexity index is 1480. The molecule has 0 radical (unpaired) electrons. The molecule has 3 heterocycles. The second kappa shape index (κ2) is 9.09. The van der Waals surface area contributed by atoms with Gasteiger partial charge in [-0.1, -0.05) is 54.1 Å². The summed E-state index contributed by atoms with van der Waals surface area (Å²) in [5.41, 5.74) is 3.30. The highest BCUT2D eigenvalue weighted by molar-refractivity contribution is 7.17. The molecule has 0 fully saturated rings. The smallest absolute Gasteiger partial charge is 0.294 e. The van der Waals surface area contributed by atoms with Crippen molar-refractivity contribution in [2.75, 3.05) is 4.90 Å². The van der Waals surface area contributed by atoms with Gasteiger partial charge in [0, 0.05) is 28.7 Å². The zero-order chi connectivity index (χ0) is 24.7. The molecule has 6 nitrogen and oxygen atoms in total. The third-order valence-electron chi connectivity index (χ3n) is 5.91. The molecular weight excluding hydrogens is 482 g/mol. The number of hydrogen-bond acceptors (Lipinski definition) is 6. The third-order valence-corrected chi connectivity index (χ3v) is 7.35. The summed E-state index contributed by atoms with van der Waals surface area (Å²) in [6, 6.07) is 17.4. The van der Waals surface area contributed by atoms with Crippen molar-refractivity contribution in [1.82, 2.24) is 9.97 Å². The summed E-state index contributed by atoms with van der Waals surface area (Å²) in [6.45, 7) is 3.60. The van der Waals surface area contributed by atoms with Gasteiger partial charge in [-0.15, -0.1) is 11.3 Å². The molecule has 8 heteroatoms.